The molecule has 0 aliphatic carbocycles. The van der Waals surface area contributed by atoms with E-state index in [1.807, 2.05) is 21.6 Å². The molecule has 0 aromatic heterocycles. The van der Waals surface area contributed by atoms with Crippen LogP contribution in [0.1, 0.15) is 54.9 Å². The van der Waals surface area contributed by atoms with E-state index in [1.54, 1.807) is 7.11 Å². The van der Waals surface area contributed by atoms with Crippen molar-refractivity contribution in [2.45, 2.75) is 102 Å². The van der Waals surface area contributed by atoms with Crippen molar-refractivity contribution in [3.63, 3.8) is 0 Å². The van der Waals surface area contributed by atoms with Gasteiger partial charge in [-0.15, -0.1) is 0 Å². The molecule has 0 bridgehead atoms. The summed E-state index contributed by atoms with van der Waals surface area (Å²) in [6.45, 7) is 20.4. The van der Waals surface area contributed by atoms with E-state index < -0.39 is 8.32 Å². The van der Waals surface area contributed by atoms with Crippen LogP contribution in [-0.4, -0.2) is 43.9 Å². The van der Waals surface area contributed by atoms with Gasteiger partial charge in [0.15, 0.2) is 14.6 Å². The van der Waals surface area contributed by atoms with Crippen molar-refractivity contribution in [1.29, 1.82) is 0 Å². The number of methoxy groups -OCH3 is 1. The molecule has 0 amide bonds. The lowest BCUT2D eigenvalue weighted by atomic mass is 10.1. The first kappa shape index (κ1) is 21.8. The molecule has 0 N–H and O–H groups in total. The van der Waals surface area contributed by atoms with Crippen LogP contribution < -0.4 is 0 Å². The second-order valence-corrected chi connectivity index (χ2v) is 16.9. The SMILES string of the molecule is CO[C@H]1C[C@H](O[Si](C)(C)C(C)(C)C)[C@@H](SSC(C)(C)C)[C@H](C)O1. The molecule has 23 heavy (non-hydrogen) atoms. The molecule has 1 aliphatic rings. The summed E-state index contributed by atoms with van der Waals surface area (Å²) in [6, 6.07) is 0. The molecule has 0 spiro atoms. The second kappa shape index (κ2) is 8.00. The number of hydrogen-bond donors (Lipinski definition) is 0. The Hall–Kier alpha value is 0.797. The Morgan fingerprint density at radius 2 is 1.65 bits per heavy atom. The maximum Gasteiger partial charge on any atom is 0.192 e. The highest BCUT2D eigenvalue weighted by atomic mass is 33.1. The van der Waals surface area contributed by atoms with Crippen molar-refractivity contribution in [1.82, 2.24) is 0 Å². The molecule has 0 aromatic carbocycles. The van der Waals surface area contributed by atoms with Gasteiger partial charge in [-0.2, -0.15) is 0 Å². The normalized spacial score (nSPS) is 30.5. The predicted molar refractivity (Wildman–Crippen MR) is 107 cm³/mol. The Morgan fingerprint density at radius 3 is 2.09 bits per heavy atom. The predicted octanol–water partition coefficient (Wildman–Crippen LogP) is 5.71. The van der Waals surface area contributed by atoms with Gasteiger partial charge >= 0.3 is 0 Å². The van der Waals surface area contributed by atoms with Crippen LogP contribution in [0.3, 0.4) is 0 Å². The van der Waals surface area contributed by atoms with Crippen LogP contribution in [0.5, 0.6) is 0 Å². The van der Waals surface area contributed by atoms with Crippen molar-refractivity contribution in [2.24, 2.45) is 0 Å². The lowest BCUT2D eigenvalue weighted by Crippen LogP contribution is -2.53. The molecule has 138 valence electrons. The molecule has 1 aliphatic heterocycles. The van der Waals surface area contributed by atoms with Gasteiger partial charge in [0, 0.05) is 18.3 Å². The number of rotatable bonds is 5. The number of hydrogen-bond acceptors (Lipinski definition) is 5. The monoisotopic (exact) mass is 380 g/mol. The Balaban J connectivity index is 2.90. The van der Waals surface area contributed by atoms with Crippen molar-refractivity contribution in [2.75, 3.05) is 7.11 Å². The zero-order valence-electron chi connectivity index (χ0n) is 16.6. The summed E-state index contributed by atoms with van der Waals surface area (Å²) in [5.41, 5.74) is 0. The molecule has 0 radical (unpaired) electrons. The maximum absolute atomic E-state index is 6.77. The molecule has 1 rings (SSSR count). The minimum Gasteiger partial charge on any atom is -0.412 e. The topological polar surface area (TPSA) is 27.7 Å². The molecule has 1 saturated heterocycles. The van der Waals surface area contributed by atoms with Gasteiger partial charge in [0.05, 0.1) is 17.5 Å². The highest BCUT2D eigenvalue weighted by Crippen LogP contribution is 2.46. The molecular formula is C17H36O3S2Si. The van der Waals surface area contributed by atoms with E-state index >= 15 is 0 Å². The summed E-state index contributed by atoms with van der Waals surface area (Å²) in [5.74, 6) is 0. The summed E-state index contributed by atoms with van der Waals surface area (Å²) in [7, 11) is 3.74. The summed E-state index contributed by atoms with van der Waals surface area (Å²) in [6.07, 6.45) is 0.972. The van der Waals surface area contributed by atoms with Crippen LogP contribution in [0.15, 0.2) is 0 Å². The van der Waals surface area contributed by atoms with Crippen LogP contribution in [0.4, 0.5) is 0 Å². The van der Waals surface area contributed by atoms with Crippen molar-refractivity contribution >= 4 is 29.9 Å². The Labute approximate surface area is 152 Å². The first-order chi connectivity index (χ1) is 10.3. The van der Waals surface area contributed by atoms with Crippen LogP contribution >= 0.6 is 21.6 Å². The van der Waals surface area contributed by atoms with Crippen LogP contribution in [0.2, 0.25) is 18.1 Å². The molecule has 0 unspecified atom stereocenters. The van der Waals surface area contributed by atoms with E-state index in [-0.39, 0.29) is 28.3 Å². The van der Waals surface area contributed by atoms with E-state index in [1.165, 1.54) is 0 Å². The molecular weight excluding hydrogens is 344 g/mol. The molecule has 0 aromatic rings. The van der Waals surface area contributed by atoms with Crippen LogP contribution in [0.25, 0.3) is 0 Å². The first-order valence-electron chi connectivity index (χ1n) is 8.47. The van der Waals surface area contributed by atoms with Crippen LogP contribution in [0, 0.1) is 0 Å². The van der Waals surface area contributed by atoms with Crippen molar-refractivity contribution in [3.05, 3.63) is 0 Å². The van der Waals surface area contributed by atoms with E-state index in [4.69, 9.17) is 13.9 Å². The highest BCUT2D eigenvalue weighted by Gasteiger charge is 2.45. The summed E-state index contributed by atoms with van der Waals surface area (Å²) < 4.78 is 18.5. The number of ether oxygens (including phenoxy) is 2. The van der Waals surface area contributed by atoms with Gasteiger partial charge in [-0.1, -0.05) is 63.1 Å². The standard InChI is InChI=1S/C17H36O3S2Si/c1-12-15(21-22-16(2,3)4)13(11-14(18-8)19-12)20-23(9,10)17(5,6)7/h12-15H,11H2,1-10H3/t12-,13-,14+,15-/m0/s1. The van der Waals surface area contributed by atoms with Gasteiger partial charge in [-0.05, 0) is 25.1 Å². The molecule has 1 heterocycles. The minimum absolute atomic E-state index is 0.128. The largest absolute Gasteiger partial charge is 0.412 e. The molecule has 1 fully saturated rings. The van der Waals surface area contributed by atoms with Crippen LogP contribution in [-0.2, 0) is 13.9 Å². The quantitative estimate of drug-likeness (QED) is 0.450. The van der Waals surface area contributed by atoms with E-state index in [2.05, 4.69) is 61.6 Å². The van der Waals surface area contributed by atoms with Gasteiger partial charge in [0.1, 0.15) is 0 Å². The Morgan fingerprint density at radius 1 is 1.09 bits per heavy atom. The average molecular weight is 381 g/mol. The van der Waals surface area contributed by atoms with Crippen molar-refractivity contribution in [3.8, 4) is 0 Å². The molecule has 4 atom stereocenters. The fourth-order valence-corrected chi connectivity index (χ4v) is 6.56. The van der Waals surface area contributed by atoms with E-state index in [9.17, 15) is 0 Å². The second-order valence-electron chi connectivity index (χ2n) is 8.92. The summed E-state index contributed by atoms with van der Waals surface area (Å²) in [5, 5.41) is 0.545. The summed E-state index contributed by atoms with van der Waals surface area (Å²) >= 11 is 0. The van der Waals surface area contributed by atoms with E-state index in [0.29, 0.717) is 5.25 Å². The minimum atomic E-state index is -1.81. The van der Waals surface area contributed by atoms with Gasteiger partial charge < -0.3 is 13.9 Å². The van der Waals surface area contributed by atoms with Gasteiger partial charge in [0.2, 0.25) is 0 Å². The molecule has 3 nitrogen and oxygen atoms in total. The van der Waals surface area contributed by atoms with Gasteiger partial charge in [0.25, 0.3) is 0 Å². The van der Waals surface area contributed by atoms with Crippen molar-refractivity contribution < 1.29 is 13.9 Å². The third-order valence-electron chi connectivity index (χ3n) is 4.54. The molecule has 6 heteroatoms. The fourth-order valence-electron chi connectivity index (χ4n) is 2.16. The zero-order valence-corrected chi connectivity index (χ0v) is 19.2. The Bertz CT molecular complexity index is 377. The lowest BCUT2D eigenvalue weighted by Gasteiger charge is -2.46. The van der Waals surface area contributed by atoms with Gasteiger partial charge in [-0.3, -0.25) is 0 Å². The van der Waals surface area contributed by atoms with E-state index in [0.717, 1.165) is 6.42 Å². The smallest absolute Gasteiger partial charge is 0.192 e. The lowest BCUT2D eigenvalue weighted by molar-refractivity contribution is -0.193. The zero-order chi connectivity index (χ0) is 18.1. The Kier molecular flexibility index (Phi) is 7.60. The molecule has 0 saturated carbocycles. The third kappa shape index (κ3) is 6.55. The first-order valence-corrected chi connectivity index (χ1v) is 13.6. The average Bonchev–Trinajstić information content (AvgIpc) is 2.34. The highest BCUT2D eigenvalue weighted by molar-refractivity contribution is 8.77. The third-order valence-corrected chi connectivity index (χ3v) is 13.0. The maximum atomic E-state index is 6.77. The fraction of sp³-hybridized carbons (Fsp3) is 1.00. The summed E-state index contributed by atoms with van der Waals surface area (Å²) in [4.78, 5) is 0. The van der Waals surface area contributed by atoms with Gasteiger partial charge in [-0.25, -0.2) is 0 Å².